The zero-order chi connectivity index (χ0) is 16.4. The summed E-state index contributed by atoms with van der Waals surface area (Å²) >= 11 is 0. The van der Waals surface area contributed by atoms with Crippen LogP contribution >= 0.6 is 0 Å². The van der Waals surface area contributed by atoms with Crippen molar-refractivity contribution in [1.82, 2.24) is 24.8 Å². The standard InChI is InChI=1S/C18H25N5O/c1-14-20-10-16(21-14)12-22-7-4-18-17(13-22)23(8-9-24-18)11-15-2-5-19-6-3-15/h2-3,5-6,10,17-18H,4,7-9,11-13H2,1H3,(H,20,21)/t17-,18+/m1/s1. The molecule has 0 aliphatic carbocycles. The van der Waals surface area contributed by atoms with Crippen LogP contribution in [-0.4, -0.2) is 63.1 Å². The summed E-state index contributed by atoms with van der Waals surface area (Å²) in [6, 6.07) is 4.68. The number of rotatable bonds is 4. The molecule has 128 valence electrons. The minimum atomic E-state index is 0.361. The Morgan fingerprint density at radius 2 is 2.12 bits per heavy atom. The minimum Gasteiger partial charge on any atom is -0.375 e. The van der Waals surface area contributed by atoms with Gasteiger partial charge in [-0.1, -0.05) is 0 Å². The first-order valence-electron chi connectivity index (χ1n) is 8.75. The molecule has 0 saturated carbocycles. The number of aryl methyl sites for hydroxylation is 1. The van der Waals surface area contributed by atoms with Crippen LogP contribution < -0.4 is 0 Å². The first-order valence-corrected chi connectivity index (χ1v) is 8.75. The van der Waals surface area contributed by atoms with Crippen molar-refractivity contribution < 1.29 is 4.74 Å². The maximum absolute atomic E-state index is 6.05. The van der Waals surface area contributed by atoms with Gasteiger partial charge in [-0.3, -0.25) is 14.8 Å². The quantitative estimate of drug-likeness (QED) is 0.924. The van der Waals surface area contributed by atoms with Gasteiger partial charge in [0, 0.05) is 63.1 Å². The number of likely N-dealkylation sites (tertiary alicyclic amines) is 1. The average Bonchev–Trinajstić information content (AvgIpc) is 3.01. The number of H-pyrrole nitrogens is 1. The van der Waals surface area contributed by atoms with E-state index in [2.05, 4.69) is 36.9 Å². The van der Waals surface area contributed by atoms with Crippen LogP contribution in [0.15, 0.2) is 30.7 Å². The van der Waals surface area contributed by atoms with Crippen molar-refractivity contribution >= 4 is 0 Å². The number of nitrogens with one attached hydrogen (secondary N) is 1. The normalized spacial score (nSPS) is 25.5. The number of ether oxygens (including phenoxy) is 1. The molecule has 6 heteroatoms. The van der Waals surface area contributed by atoms with E-state index in [9.17, 15) is 0 Å². The van der Waals surface area contributed by atoms with Crippen molar-refractivity contribution in [3.8, 4) is 0 Å². The van der Waals surface area contributed by atoms with Crippen molar-refractivity contribution in [2.24, 2.45) is 0 Å². The van der Waals surface area contributed by atoms with Gasteiger partial charge in [-0.15, -0.1) is 0 Å². The molecule has 0 aromatic carbocycles. The van der Waals surface area contributed by atoms with Gasteiger partial charge in [-0.05, 0) is 31.0 Å². The van der Waals surface area contributed by atoms with E-state index >= 15 is 0 Å². The zero-order valence-corrected chi connectivity index (χ0v) is 14.2. The molecule has 0 spiro atoms. The Kier molecular flexibility index (Phi) is 4.60. The number of aromatic amines is 1. The molecule has 2 aromatic heterocycles. The Labute approximate surface area is 142 Å². The van der Waals surface area contributed by atoms with Crippen molar-refractivity contribution in [3.63, 3.8) is 0 Å². The molecule has 24 heavy (non-hydrogen) atoms. The molecule has 2 aromatic rings. The highest BCUT2D eigenvalue weighted by molar-refractivity contribution is 5.10. The summed E-state index contributed by atoms with van der Waals surface area (Å²) in [5.74, 6) is 0.986. The smallest absolute Gasteiger partial charge is 0.103 e. The molecule has 2 saturated heterocycles. The lowest BCUT2D eigenvalue weighted by Gasteiger charge is -2.47. The van der Waals surface area contributed by atoms with Crippen LogP contribution in [-0.2, 0) is 17.8 Å². The lowest BCUT2D eigenvalue weighted by atomic mass is 9.98. The van der Waals surface area contributed by atoms with Gasteiger partial charge in [0.2, 0.25) is 0 Å². The highest BCUT2D eigenvalue weighted by Crippen LogP contribution is 2.25. The molecule has 4 rings (SSSR count). The Hall–Kier alpha value is -1.76. The molecular weight excluding hydrogens is 302 g/mol. The van der Waals surface area contributed by atoms with E-state index < -0.39 is 0 Å². The molecule has 6 nitrogen and oxygen atoms in total. The summed E-state index contributed by atoms with van der Waals surface area (Å²) in [5.41, 5.74) is 2.52. The van der Waals surface area contributed by atoms with Gasteiger partial charge in [-0.25, -0.2) is 4.98 Å². The van der Waals surface area contributed by atoms with Crippen LogP contribution in [0.1, 0.15) is 23.5 Å². The summed E-state index contributed by atoms with van der Waals surface area (Å²) in [6.07, 6.45) is 7.17. The molecule has 1 N–H and O–H groups in total. The van der Waals surface area contributed by atoms with Crippen LogP contribution in [0.25, 0.3) is 0 Å². The highest BCUT2D eigenvalue weighted by Gasteiger charge is 2.36. The molecule has 0 bridgehead atoms. The number of piperidine rings is 1. The van der Waals surface area contributed by atoms with E-state index in [0.717, 1.165) is 51.6 Å². The third kappa shape index (κ3) is 3.50. The number of hydrogen-bond acceptors (Lipinski definition) is 5. The molecule has 4 heterocycles. The number of fused-ring (bicyclic) bond motifs is 1. The van der Waals surface area contributed by atoms with Crippen molar-refractivity contribution in [3.05, 3.63) is 47.8 Å². The molecule has 0 radical (unpaired) electrons. The topological polar surface area (TPSA) is 57.3 Å². The number of nitrogens with zero attached hydrogens (tertiary/aromatic N) is 4. The van der Waals surface area contributed by atoms with E-state index in [-0.39, 0.29) is 0 Å². The summed E-state index contributed by atoms with van der Waals surface area (Å²) in [5, 5.41) is 0. The predicted octanol–water partition coefficient (Wildman–Crippen LogP) is 1.59. The molecule has 2 aliphatic heterocycles. The lowest BCUT2D eigenvalue weighted by molar-refractivity contribution is -0.107. The largest absolute Gasteiger partial charge is 0.375 e. The van der Waals surface area contributed by atoms with Gasteiger partial charge in [0.15, 0.2) is 0 Å². The number of morpholine rings is 1. The van der Waals surface area contributed by atoms with E-state index in [1.54, 1.807) is 0 Å². The fourth-order valence-electron chi connectivity index (χ4n) is 3.86. The van der Waals surface area contributed by atoms with Gasteiger partial charge in [0.05, 0.1) is 12.7 Å². The Morgan fingerprint density at radius 1 is 1.25 bits per heavy atom. The second-order valence-electron chi connectivity index (χ2n) is 6.82. The average molecular weight is 327 g/mol. The SMILES string of the molecule is Cc1ncc(CN2CC[C@@H]3OCCN(Cc4ccncc4)[C@@H]3C2)[nH]1. The molecule has 2 aliphatic rings. The van der Waals surface area contributed by atoms with E-state index in [0.29, 0.717) is 12.1 Å². The monoisotopic (exact) mass is 327 g/mol. The maximum Gasteiger partial charge on any atom is 0.103 e. The third-order valence-electron chi connectivity index (χ3n) is 5.07. The summed E-state index contributed by atoms with van der Waals surface area (Å²) < 4.78 is 6.05. The van der Waals surface area contributed by atoms with E-state index in [1.807, 2.05) is 25.5 Å². The molecule has 0 amide bonds. The summed E-state index contributed by atoms with van der Waals surface area (Å²) in [4.78, 5) is 16.9. The van der Waals surface area contributed by atoms with Gasteiger partial charge in [0.1, 0.15) is 5.82 Å². The number of hydrogen-bond donors (Lipinski definition) is 1. The number of aromatic nitrogens is 3. The Morgan fingerprint density at radius 3 is 2.92 bits per heavy atom. The van der Waals surface area contributed by atoms with Gasteiger partial charge >= 0.3 is 0 Å². The maximum atomic E-state index is 6.05. The highest BCUT2D eigenvalue weighted by atomic mass is 16.5. The predicted molar refractivity (Wildman–Crippen MR) is 91.4 cm³/mol. The van der Waals surface area contributed by atoms with Crippen molar-refractivity contribution in [2.45, 2.75) is 38.6 Å². The molecule has 2 fully saturated rings. The molecule has 2 atom stereocenters. The van der Waals surface area contributed by atoms with Gasteiger partial charge in [0.25, 0.3) is 0 Å². The summed E-state index contributed by atoms with van der Waals surface area (Å²) in [6.45, 7) is 7.89. The Balaban J connectivity index is 1.43. The van der Waals surface area contributed by atoms with Crippen molar-refractivity contribution in [2.75, 3.05) is 26.2 Å². The fraction of sp³-hybridized carbons (Fsp3) is 0.556. The molecular formula is C18H25N5O. The van der Waals surface area contributed by atoms with Crippen LogP contribution in [0.4, 0.5) is 0 Å². The van der Waals surface area contributed by atoms with Crippen molar-refractivity contribution in [1.29, 1.82) is 0 Å². The van der Waals surface area contributed by atoms with Gasteiger partial charge in [-0.2, -0.15) is 0 Å². The van der Waals surface area contributed by atoms with Crippen LogP contribution in [0, 0.1) is 6.92 Å². The van der Waals surface area contributed by atoms with Crippen LogP contribution in [0.3, 0.4) is 0 Å². The second-order valence-corrected chi connectivity index (χ2v) is 6.82. The summed E-state index contributed by atoms with van der Waals surface area (Å²) in [7, 11) is 0. The first kappa shape index (κ1) is 15.7. The zero-order valence-electron chi connectivity index (χ0n) is 14.2. The van der Waals surface area contributed by atoms with E-state index in [1.165, 1.54) is 11.3 Å². The third-order valence-corrected chi connectivity index (χ3v) is 5.07. The van der Waals surface area contributed by atoms with Crippen LogP contribution in [0.5, 0.6) is 0 Å². The van der Waals surface area contributed by atoms with Gasteiger partial charge < -0.3 is 9.72 Å². The molecule has 0 unspecified atom stereocenters. The second kappa shape index (κ2) is 7.01. The fourth-order valence-corrected chi connectivity index (χ4v) is 3.86. The number of pyridine rings is 1. The first-order chi connectivity index (χ1) is 11.8. The Bertz CT molecular complexity index is 658. The lowest BCUT2D eigenvalue weighted by Crippen LogP contribution is -2.59. The van der Waals surface area contributed by atoms with E-state index in [4.69, 9.17) is 4.74 Å². The van der Waals surface area contributed by atoms with Crippen LogP contribution in [0.2, 0.25) is 0 Å². The number of imidazole rings is 1. The minimum absolute atomic E-state index is 0.361.